The van der Waals surface area contributed by atoms with Gasteiger partial charge in [-0.25, -0.2) is 9.97 Å². The van der Waals surface area contributed by atoms with E-state index in [1.54, 1.807) is 25.2 Å². The van der Waals surface area contributed by atoms with Gasteiger partial charge in [0.15, 0.2) is 5.78 Å². The molecule has 144 valence electrons. The second-order valence-corrected chi connectivity index (χ2v) is 6.94. The summed E-state index contributed by atoms with van der Waals surface area (Å²) in [5.74, 6) is 1.81. The fourth-order valence-corrected chi connectivity index (χ4v) is 3.23. The Bertz CT molecular complexity index is 1180. The standard InChI is InChI=1S/C23H18ClN3O2/c1-25-22-13-23(27-14-26-22)29-18-9-10-19-16(12-18)3-2-4-20(19)21(28)11-15-5-7-17(24)8-6-15/h2-10,12-14H,11H2,1H3,(H,25,26,27). The van der Waals surface area contributed by atoms with Crippen molar-refractivity contribution in [2.45, 2.75) is 6.42 Å². The molecule has 5 nitrogen and oxygen atoms in total. The van der Waals surface area contributed by atoms with Crippen molar-refractivity contribution in [1.82, 2.24) is 9.97 Å². The largest absolute Gasteiger partial charge is 0.439 e. The van der Waals surface area contributed by atoms with Crippen LogP contribution < -0.4 is 10.1 Å². The van der Waals surface area contributed by atoms with Crippen LogP contribution in [0.25, 0.3) is 10.8 Å². The van der Waals surface area contributed by atoms with Gasteiger partial charge in [0.25, 0.3) is 0 Å². The van der Waals surface area contributed by atoms with Gasteiger partial charge in [0.05, 0.1) is 0 Å². The zero-order valence-electron chi connectivity index (χ0n) is 15.7. The number of Topliss-reactive ketones (excluding diaryl/α,β-unsaturated/α-hetero) is 1. The second kappa shape index (κ2) is 8.29. The number of anilines is 1. The number of hydrogen-bond acceptors (Lipinski definition) is 5. The number of benzene rings is 3. The van der Waals surface area contributed by atoms with Gasteiger partial charge in [0, 0.05) is 30.1 Å². The van der Waals surface area contributed by atoms with Crippen LogP contribution in [0.2, 0.25) is 5.02 Å². The zero-order valence-corrected chi connectivity index (χ0v) is 16.5. The van der Waals surface area contributed by atoms with Crippen molar-refractivity contribution in [1.29, 1.82) is 0 Å². The molecule has 1 N–H and O–H groups in total. The number of aromatic nitrogens is 2. The second-order valence-electron chi connectivity index (χ2n) is 6.51. The molecule has 0 saturated heterocycles. The predicted octanol–water partition coefficient (Wildman–Crippen LogP) is 5.54. The fourth-order valence-electron chi connectivity index (χ4n) is 3.10. The summed E-state index contributed by atoms with van der Waals surface area (Å²) in [6.07, 6.45) is 1.76. The van der Waals surface area contributed by atoms with Crippen molar-refractivity contribution in [3.8, 4) is 11.6 Å². The number of carbonyl (C=O) groups excluding carboxylic acids is 1. The lowest BCUT2D eigenvalue weighted by Gasteiger charge is -2.09. The van der Waals surface area contributed by atoms with E-state index in [0.717, 1.165) is 16.3 Å². The number of rotatable bonds is 6. The molecule has 0 amide bonds. The summed E-state index contributed by atoms with van der Waals surface area (Å²) in [5, 5.41) is 5.42. The van der Waals surface area contributed by atoms with Crippen LogP contribution in [0.5, 0.6) is 11.6 Å². The summed E-state index contributed by atoms with van der Waals surface area (Å²) >= 11 is 5.92. The van der Waals surface area contributed by atoms with Crippen LogP contribution in [0, 0.1) is 0 Å². The third kappa shape index (κ3) is 4.36. The molecule has 0 atom stereocenters. The Morgan fingerprint density at radius 3 is 2.66 bits per heavy atom. The van der Waals surface area contributed by atoms with Crippen molar-refractivity contribution < 1.29 is 9.53 Å². The molecule has 0 unspecified atom stereocenters. The van der Waals surface area contributed by atoms with Gasteiger partial charge in [-0.05, 0) is 46.7 Å². The van der Waals surface area contributed by atoms with Crippen LogP contribution in [0.15, 0.2) is 73.1 Å². The highest BCUT2D eigenvalue weighted by Gasteiger charge is 2.12. The van der Waals surface area contributed by atoms with Crippen molar-refractivity contribution in [2.24, 2.45) is 0 Å². The number of carbonyl (C=O) groups is 1. The molecular formula is C23H18ClN3O2. The van der Waals surface area contributed by atoms with Gasteiger partial charge in [0.1, 0.15) is 17.9 Å². The van der Waals surface area contributed by atoms with E-state index in [4.69, 9.17) is 16.3 Å². The van der Waals surface area contributed by atoms with Crippen molar-refractivity contribution in [2.75, 3.05) is 12.4 Å². The first-order valence-corrected chi connectivity index (χ1v) is 9.48. The highest BCUT2D eigenvalue weighted by Crippen LogP contribution is 2.28. The lowest BCUT2D eigenvalue weighted by atomic mass is 9.97. The van der Waals surface area contributed by atoms with Crippen LogP contribution >= 0.6 is 11.6 Å². The third-order valence-corrected chi connectivity index (χ3v) is 4.80. The van der Waals surface area contributed by atoms with Gasteiger partial charge >= 0.3 is 0 Å². The maximum atomic E-state index is 12.9. The minimum Gasteiger partial charge on any atom is -0.439 e. The molecule has 0 radical (unpaired) electrons. The molecule has 0 spiro atoms. The summed E-state index contributed by atoms with van der Waals surface area (Å²) in [6.45, 7) is 0. The lowest BCUT2D eigenvalue weighted by molar-refractivity contribution is 0.0994. The quantitative estimate of drug-likeness (QED) is 0.428. The van der Waals surface area contributed by atoms with E-state index in [9.17, 15) is 4.79 Å². The van der Waals surface area contributed by atoms with E-state index in [0.29, 0.717) is 34.5 Å². The maximum absolute atomic E-state index is 12.9. The van der Waals surface area contributed by atoms with Crippen molar-refractivity contribution in [3.05, 3.63) is 89.2 Å². The first kappa shape index (κ1) is 18.9. The lowest BCUT2D eigenvalue weighted by Crippen LogP contribution is -2.04. The van der Waals surface area contributed by atoms with Gasteiger partial charge in [-0.1, -0.05) is 41.9 Å². The highest BCUT2D eigenvalue weighted by molar-refractivity contribution is 6.30. The number of halogens is 1. The molecule has 4 rings (SSSR count). The van der Waals surface area contributed by atoms with Crippen LogP contribution in [0.1, 0.15) is 15.9 Å². The van der Waals surface area contributed by atoms with E-state index in [1.807, 2.05) is 48.5 Å². The number of nitrogens with zero attached hydrogens (tertiary/aromatic N) is 2. The molecule has 3 aromatic carbocycles. The van der Waals surface area contributed by atoms with Crippen molar-refractivity contribution >= 4 is 34.0 Å². The SMILES string of the molecule is CNc1cc(Oc2ccc3c(C(=O)Cc4ccc(Cl)cc4)cccc3c2)ncn1. The summed E-state index contributed by atoms with van der Waals surface area (Å²) in [7, 11) is 1.78. The minimum atomic E-state index is 0.0565. The molecule has 29 heavy (non-hydrogen) atoms. The average molecular weight is 404 g/mol. The summed E-state index contributed by atoms with van der Waals surface area (Å²) in [4.78, 5) is 21.1. The Kier molecular flexibility index (Phi) is 5.40. The maximum Gasteiger partial charge on any atom is 0.224 e. The van der Waals surface area contributed by atoms with Crippen LogP contribution in [0.4, 0.5) is 5.82 Å². The normalized spacial score (nSPS) is 10.7. The summed E-state index contributed by atoms with van der Waals surface area (Å²) < 4.78 is 5.85. The Morgan fingerprint density at radius 1 is 1.03 bits per heavy atom. The molecule has 0 aliphatic rings. The highest BCUT2D eigenvalue weighted by atomic mass is 35.5. The van der Waals surface area contributed by atoms with E-state index in [2.05, 4.69) is 15.3 Å². The van der Waals surface area contributed by atoms with E-state index in [1.165, 1.54) is 6.33 Å². The molecule has 0 fully saturated rings. The number of fused-ring (bicyclic) bond motifs is 1. The molecule has 4 aromatic rings. The molecule has 6 heteroatoms. The molecule has 0 aliphatic heterocycles. The zero-order chi connectivity index (χ0) is 20.2. The van der Waals surface area contributed by atoms with Gasteiger partial charge < -0.3 is 10.1 Å². The smallest absolute Gasteiger partial charge is 0.224 e. The van der Waals surface area contributed by atoms with Gasteiger partial charge in [0.2, 0.25) is 5.88 Å². The Morgan fingerprint density at radius 2 is 1.86 bits per heavy atom. The van der Waals surface area contributed by atoms with Gasteiger partial charge in [-0.3, -0.25) is 4.79 Å². The van der Waals surface area contributed by atoms with E-state index < -0.39 is 0 Å². The average Bonchev–Trinajstić information content (AvgIpc) is 2.75. The molecular weight excluding hydrogens is 386 g/mol. The van der Waals surface area contributed by atoms with Crippen LogP contribution in [-0.4, -0.2) is 22.8 Å². The first-order valence-electron chi connectivity index (χ1n) is 9.10. The van der Waals surface area contributed by atoms with Gasteiger partial charge in [-0.15, -0.1) is 0 Å². The Hall–Kier alpha value is -3.44. The van der Waals surface area contributed by atoms with E-state index in [-0.39, 0.29) is 5.78 Å². The first-order chi connectivity index (χ1) is 14.1. The monoisotopic (exact) mass is 403 g/mol. The minimum absolute atomic E-state index is 0.0565. The fraction of sp³-hybridized carbons (Fsp3) is 0.0870. The Balaban J connectivity index is 1.60. The molecule has 1 aromatic heterocycles. The van der Waals surface area contributed by atoms with E-state index >= 15 is 0 Å². The predicted molar refractivity (Wildman–Crippen MR) is 115 cm³/mol. The molecule has 0 aliphatic carbocycles. The van der Waals surface area contributed by atoms with Crippen molar-refractivity contribution in [3.63, 3.8) is 0 Å². The number of ketones is 1. The molecule has 1 heterocycles. The number of ether oxygens (including phenoxy) is 1. The van der Waals surface area contributed by atoms with Gasteiger partial charge in [-0.2, -0.15) is 0 Å². The molecule has 0 saturated carbocycles. The van der Waals surface area contributed by atoms with Crippen LogP contribution in [-0.2, 0) is 6.42 Å². The number of nitrogens with one attached hydrogen (secondary N) is 1. The number of hydrogen-bond donors (Lipinski definition) is 1. The third-order valence-electron chi connectivity index (χ3n) is 4.55. The summed E-state index contributed by atoms with van der Waals surface area (Å²) in [5.41, 5.74) is 1.61. The molecule has 0 bridgehead atoms. The topological polar surface area (TPSA) is 64.1 Å². The Labute approximate surface area is 173 Å². The summed E-state index contributed by atoms with van der Waals surface area (Å²) in [6, 6.07) is 20.4. The van der Waals surface area contributed by atoms with Crippen LogP contribution in [0.3, 0.4) is 0 Å².